The maximum Gasteiger partial charge on any atom is 0.133 e. The third-order valence-electron chi connectivity index (χ3n) is 2.34. The molecule has 90 valence electrons. The van der Waals surface area contributed by atoms with Crippen molar-refractivity contribution < 1.29 is 9.15 Å². The molecule has 1 atom stereocenters. The Morgan fingerprint density at radius 1 is 1.35 bits per heavy atom. The zero-order valence-electron chi connectivity index (χ0n) is 9.32. The normalized spacial score (nSPS) is 12.4. The van der Waals surface area contributed by atoms with Crippen molar-refractivity contribution in [3.05, 3.63) is 52.4 Å². The second-order valence-corrected chi connectivity index (χ2v) is 5.27. The van der Waals surface area contributed by atoms with Gasteiger partial charge in [-0.25, -0.2) is 0 Å². The third-order valence-corrected chi connectivity index (χ3v) is 3.94. The second kappa shape index (κ2) is 5.74. The lowest BCUT2D eigenvalue weighted by atomic mass is 10.1. The quantitative estimate of drug-likeness (QED) is 0.722. The number of alkyl halides is 1. The Balaban J connectivity index is 2.25. The summed E-state index contributed by atoms with van der Waals surface area (Å²) in [4.78, 5) is 0.0597. The van der Waals surface area contributed by atoms with E-state index in [0.29, 0.717) is 6.61 Å². The second-order valence-electron chi connectivity index (χ2n) is 3.50. The van der Waals surface area contributed by atoms with Crippen LogP contribution >= 0.6 is 31.9 Å². The molecule has 0 bridgehead atoms. The minimum absolute atomic E-state index is 0.0597. The monoisotopic (exact) mass is 358 g/mol. The summed E-state index contributed by atoms with van der Waals surface area (Å²) < 4.78 is 11.8. The van der Waals surface area contributed by atoms with Crippen molar-refractivity contribution in [1.82, 2.24) is 0 Å². The van der Waals surface area contributed by atoms with Crippen LogP contribution in [0.15, 0.2) is 45.5 Å². The van der Waals surface area contributed by atoms with Gasteiger partial charge in [0, 0.05) is 0 Å². The van der Waals surface area contributed by atoms with Gasteiger partial charge >= 0.3 is 0 Å². The van der Waals surface area contributed by atoms with Crippen molar-refractivity contribution in [1.29, 1.82) is 0 Å². The Hall–Kier alpha value is -0.740. The third kappa shape index (κ3) is 2.93. The highest BCUT2D eigenvalue weighted by molar-refractivity contribution is 9.10. The van der Waals surface area contributed by atoms with Crippen molar-refractivity contribution in [2.75, 3.05) is 6.61 Å². The molecule has 0 saturated heterocycles. The molecule has 0 saturated carbocycles. The van der Waals surface area contributed by atoms with Crippen LogP contribution < -0.4 is 4.74 Å². The van der Waals surface area contributed by atoms with Crippen molar-refractivity contribution in [3.8, 4) is 5.75 Å². The van der Waals surface area contributed by atoms with E-state index in [9.17, 15) is 0 Å². The van der Waals surface area contributed by atoms with Gasteiger partial charge in [0.25, 0.3) is 0 Å². The first kappa shape index (κ1) is 12.7. The van der Waals surface area contributed by atoms with Crippen molar-refractivity contribution in [2.45, 2.75) is 11.8 Å². The van der Waals surface area contributed by atoms with Gasteiger partial charge in [0.1, 0.15) is 11.5 Å². The van der Waals surface area contributed by atoms with E-state index in [2.05, 4.69) is 31.9 Å². The molecule has 4 heteroatoms. The molecule has 0 fully saturated rings. The number of halogens is 2. The summed E-state index contributed by atoms with van der Waals surface area (Å²) in [6.07, 6.45) is 1.67. The van der Waals surface area contributed by atoms with Crippen LogP contribution in [0.2, 0.25) is 0 Å². The Morgan fingerprint density at radius 3 is 2.76 bits per heavy atom. The lowest BCUT2D eigenvalue weighted by Gasteiger charge is -2.11. The van der Waals surface area contributed by atoms with Gasteiger partial charge in [0.15, 0.2) is 0 Å². The molecule has 1 aromatic carbocycles. The van der Waals surface area contributed by atoms with Crippen molar-refractivity contribution >= 4 is 31.9 Å². The molecule has 0 amide bonds. The average Bonchev–Trinajstić information content (AvgIpc) is 2.84. The molecule has 1 unspecified atom stereocenters. The molecule has 0 aliphatic carbocycles. The van der Waals surface area contributed by atoms with Gasteiger partial charge in [-0.1, -0.05) is 22.0 Å². The van der Waals surface area contributed by atoms with Crippen LogP contribution in [-0.4, -0.2) is 6.61 Å². The fraction of sp³-hybridized carbons (Fsp3) is 0.231. The molecular weight excluding hydrogens is 348 g/mol. The minimum atomic E-state index is 0.0597. The van der Waals surface area contributed by atoms with Gasteiger partial charge in [0.05, 0.1) is 22.2 Å². The summed E-state index contributed by atoms with van der Waals surface area (Å²) >= 11 is 7.12. The van der Waals surface area contributed by atoms with Crippen LogP contribution in [0.25, 0.3) is 0 Å². The predicted octanol–water partition coefficient (Wildman–Crippen LogP) is 4.93. The number of benzene rings is 1. The number of furan rings is 1. The fourth-order valence-electron chi connectivity index (χ4n) is 1.55. The summed E-state index contributed by atoms with van der Waals surface area (Å²) in [7, 11) is 0. The van der Waals surface area contributed by atoms with Gasteiger partial charge < -0.3 is 9.15 Å². The minimum Gasteiger partial charge on any atom is -0.493 e. The molecule has 0 spiro atoms. The van der Waals surface area contributed by atoms with E-state index < -0.39 is 0 Å². The smallest absolute Gasteiger partial charge is 0.133 e. The zero-order chi connectivity index (χ0) is 12.3. The summed E-state index contributed by atoms with van der Waals surface area (Å²) in [6.45, 7) is 2.63. The first-order chi connectivity index (χ1) is 8.22. The van der Waals surface area contributed by atoms with E-state index in [4.69, 9.17) is 9.15 Å². The molecule has 0 radical (unpaired) electrons. The van der Waals surface area contributed by atoms with Crippen LogP contribution in [0.5, 0.6) is 5.75 Å². The maximum absolute atomic E-state index is 5.48. The van der Waals surface area contributed by atoms with Crippen molar-refractivity contribution in [3.63, 3.8) is 0 Å². The Kier molecular flexibility index (Phi) is 4.29. The maximum atomic E-state index is 5.48. The van der Waals surface area contributed by atoms with Gasteiger partial charge in [-0.05, 0) is 52.7 Å². The van der Waals surface area contributed by atoms with E-state index in [1.807, 2.05) is 37.3 Å². The van der Waals surface area contributed by atoms with Crippen LogP contribution in [-0.2, 0) is 0 Å². The number of hydrogen-bond donors (Lipinski definition) is 0. The molecule has 2 nitrogen and oxygen atoms in total. The van der Waals surface area contributed by atoms with Crippen LogP contribution in [0.4, 0.5) is 0 Å². The SMILES string of the molecule is CCOc1ccc(C(Br)c2ccco2)cc1Br. The largest absolute Gasteiger partial charge is 0.493 e. The molecule has 0 aliphatic heterocycles. The molecule has 0 N–H and O–H groups in total. The fourth-order valence-corrected chi connectivity index (χ4v) is 2.60. The van der Waals surface area contributed by atoms with E-state index in [0.717, 1.165) is 21.5 Å². The highest BCUT2D eigenvalue weighted by Gasteiger charge is 2.14. The van der Waals surface area contributed by atoms with E-state index >= 15 is 0 Å². The molecule has 2 rings (SSSR count). The molecular formula is C13H12Br2O2. The van der Waals surface area contributed by atoms with Gasteiger partial charge in [-0.15, -0.1) is 0 Å². The van der Waals surface area contributed by atoms with E-state index in [1.54, 1.807) is 6.26 Å². The van der Waals surface area contributed by atoms with Gasteiger partial charge in [-0.3, -0.25) is 0 Å². The van der Waals surface area contributed by atoms with Crippen LogP contribution in [0.3, 0.4) is 0 Å². The van der Waals surface area contributed by atoms with Gasteiger partial charge in [-0.2, -0.15) is 0 Å². The lowest BCUT2D eigenvalue weighted by molar-refractivity contribution is 0.338. The Labute approximate surface area is 117 Å². The molecule has 17 heavy (non-hydrogen) atoms. The number of ether oxygens (including phenoxy) is 1. The zero-order valence-corrected chi connectivity index (χ0v) is 12.5. The average molecular weight is 360 g/mol. The first-order valence-electron chi connectivity index (χ1n) is 5.32. The van der Waals surface area contributed by atoms with Crippen molar-refractivity contribution in [2.24, 2.45) is 0 Å². The first-order valence-corrected chi connectivity index (χ1v) is 7.03. The Bertz CT molecular complexity index is 480. The molecule has 0 aliphatic rings. The highest BCUT2D eigenvalue weighted by atomic mass is 79.9. The summed E-state index contributed by atoms with van der Waals surface area (Å²) in [5.74, 6) is 1.75. The molecule has 1 aromatic heterocycles. The summed E-state index contributed by atoms with van der Waals surface area (Å²) in [6, 6.07) is 9.85. The lowest BCUT2D eigenvalue weighted by Crippen LogP contribution is -1.95. The summed E-state index contributed by atoms with van der Waals surface area (Å²) in [5.41, 5.74) is 1.12. The van der Waals surface area contributed by atoms with E-state index in [1.165, 1.54) is 0 Å². The van der Waals surface area contributed by atoms with Gasteiger partial charge in [0.2, 0.25) is 0 Å². The Morgan fingerprint density at radius 2 is 2.18 bits per heavy atom. The van der Waals surface area contributed by atoms with Crippen LogP contribution in [0, 0.1) is 0 Å². The molecule has 1 heterocycles. The number of rotatable bonds is 4. The van der Waals surface area contributed by atoms with E-state index in [-0.39, 0.29) is 4.83 Å². The number of hydrogen-bond acceptors (Lipinski definition) is 2. The predicted molar refractivity (Wildman–Crippen MR) is 74.8 cm³/mol. The topological polar surface area (TPSA) is 22.4 Å². The highest BCUT2D eigenvalue weighted by Crippen LogP contribution is 2.35. The molecule has 2 aromatic rings. The summed E-state index contributed by atoms with van der Waals surface area (Å²) in [5, 5.41) is 0. The van der Waals surface area contributed by atoms with Crippen LogP contribution in [0.1, 0.15) is 23.1 Å². The standard InChI is InChI=1S/C13H12Br2O2/c1-2-16-11-6-5-9(8-10(11)14)13(15)12-4-3-7-17-12/h3-8,13H,2H2,1H3.